The van der Waals surface area contributed by atoms with Crippen LogP contribution in [0.4, 0.5) is 0 Å². The van der Waals surface area contributed by atoms with Gasteiger partial charge < -0.3 is 19.1 Å². The lowest BCUT2D eigenvalue weighted by molar-refractivity contribution is -0.201. The van der Waals surface area contributed by atoms with Gasteiger partial charge >= 0.3 is 0 Å². The Labute approximate surface area is 96.6 Å². The molecule has 1 amide bonds. The highest BCUT2D eigenvalue weighted by Crippen LogP contribution is 2.21. The van der Waals surface area contributed by atoms with E-state index in [0.717, 1.165) is 0 Å². The molecule has 94 valence electrons. The number of carbonyl (C=O) groups excluding carboxylic acids is 1. The van der Waals surface area contributed by atoms with Gasteiger partial charge in [0.2, 0.25) is 5.91 Å². The molecular formula is C11H21NO4. The first-order chi connectivity index (χ1) is 7.63. The molecule has 0 unspecified atom stereocenters. The van der Waals surface area contributed by atoms with Crippen molar-refractivity contribution < 1.29 is 19.0 Å². The van der Waals surface area contributed by atoms with Gasteiger partial charge in [-0.3, -0.25) is 4.79 Å². The Morgan fingerprint density at radius 1 is 1.44 bits per heavy atom. The number of carbonyl (C=O) groups is 1. The first-order valence-corrected chi connectivity index (χ1v) is 5.58. The second-order valence-corrected chi connectivity index (χ2v) is 3.88. The van der Waals surface area contributed by atoms with Crippen LogP contribution in [0.2, 0.25) is 0 Å². The van der Waals surface area contributed by atoms with Crippen LogP contribution < -0.4 is 0 Å². The highest BCUT2D eigenvalue weighted by atomic mass is 16.7. The van der Waals surface area contributed by atoms with E-state index in [-0.39, 0.29) is 24.3 Å². The zero-order valence-electron chi connectivity index (χ0n) is 10.4. The predicted octanol–water partition coefficient (Wildman–Crippen LogP) is 0.631. The molecule has 1 heterocycles. The number of hydrogen-bond donors (Lipinski definition) is 0. The van der Waals surface area contributed by atoms with Crippen LogP contribution >= 0.6 is 0 Å². The molecule has 1 fully saturated rings. The molecule has 0 N–H and O–H groups in total. The molecule has 0 radical (unpaired) electrons. The number of methoxy groups -OCH3 is 2. The zero-order chi connectivity index (χ0) is 12.1. The average Bonchev–Trinajstić information content (AvgIpc) is 2.29. The summed E-state index contributed by atoms with van der Waals surface area (Å²) in [5, 5.41) is 0. The summed E-state index contributed by atoms with van der Waals surface area (Å²) >= 11 is 0. The van der Waals surface area contributed by atoms with Crippen LogP contribution in [0.5, 0.6) is 0 Å². The summed E-state index contributed by atoms with van der Waals surface area (Å²) in [4.78, 5) is 13.2. The van der Waals surface area contributed by atoms with E-state index in [1.165, 1.54) is 0 Å². The number of likely N-dealkylation sites (N-methyl/N-ethyl adjacent to an activating group) is 1. The third-order valence-corrected chi connectivity index (χ3v) is 3.02. The molecule has 5 nitrogen and oxygen atoms in total. The second kappa shape index (κ2) is 6.18. The van der Waals surface area contributed by atoms with Crippen molar-refractivity contribution in [1.29, 1.82) is 0 Å². The average molecular weight is 231 g/mol. The normalized spacial score (nSPS) is 30.1. The summed E-state index contributed by atoms with van der Waals surface area (Å²) < 4.78 is 16.1. The van der Waals surface area contributed by atoms with Crippen LogP contribution in [0.3, 0.4) is 0 Å². The van der Waals surface area contributed by atoms with Crippen LogP contribution in [-0.2, 0) is 19.0 Å². The minimum atomic E-state index is -0.230. The Balaban J connectivity index is 2.68. The van der Waals surface area contributed by atoms with E-state index in [9.17, 15) is 4.79 Å². The highest BCUT2D eigenvalue weighted by Gasteiger charge is 2.35. The topological polar surface area (TPSA) is 48.0 Å². The zero-order valence-corrected chi connectivity index (χ0v) is 10.4. The molecule has 3 atom stereocenters. The Morgan fingerprint density at radius 3 is 2.56 bits per heavy atom. The fourth-order valence-corrected chi connectivity index (χ4v) is 2.13. The molecule has 1 rings (SSSR count). The summed E-state index contributed by atoms with van der Waals surface area (Å²) in [7, 11) is 3.27. The lowest BCUT2D eigenvalue weighted by atomic mass is 10.0. The molecule has 5 heteroatoms. The van der Waals surface area contributed by atoms with E-state index in [1.54, 1.807) is 26.0 Å². The van der Waals surface area contributed by atoms with Crippen molar-refractivity contribution in [3.63, 3.8) is 0 Å². The Morgan fingerprint density at radius 2 is 2.12 bits per heavy atom. The number of ether oxygens (including phenoxy) is 3. The van der Waals surface area contributed by atoms with Gasteiger partial charge in [0.1, 0.15) is 0 Å². The molecule has 0 aromatic rings. The lowest BCUT2D eigenvalue weighted by Crippen LogP contribution is -2.54. The van der Waals surface area contributed by atoms with Gasteiger partial charge in [-0.1, -0.05) is 0 Å². The van der Waals surface area contributed by atoms with Crippen LogP contribution in [0.25, 0.3) is 0 Å². The van der Waals surface area contributed by atoms with Crippen molar-refractivity contribution in [2.75, 3.05) is 27.4 Å². The summed E-state index contributed by atoms with van der Waals surface area (Å²) in [5.41, 5.74) is 0. The number of rotatable bonds is 4. The van der Waals surface area contributed by atoms with E-state index in [4.69, 9.17) is 14.2 Å². The van der Waals surface area contributed by atoms with Crippen molar-refractivity contribution in [3.8, 4) is 0 Å². The minimum absolute atomic E-state index is 0.0149. The largest absolute Gasteiger partial charge is 0.379 e. The van der Waals surface area contributed by atoms with Crippen molar-refractivity contribution in [2.24, 2.45) is 0 Å². The SMILES string of the molecule is CCN(C(C)=O)[C@H]1CO[C@@H](OC)C[C@@H]1OC. The van der Waals surface area contributed by atoms with Crippen molar-refractivity contribution >= 4 is 5.91 Å². The molecule has 0 aromatic carbocycles. The second-order valence-electron chi connectivity index (χ2n) is 3.88. The van der Waals surface area contributed by atoms with Gasteiger partial charge in [0, 0.05) is 34.1 Å². The van der Waals surface area contributed by atoms with Crippen LogP contribution in [0, 0.1) is 0 Å². The maximum Gasteiger partial charge on any atom is 0.219 e. The number of hydrogen-bond acceptors (Lipinski definition) is 4. The Bertz CT molecular complexity index is 234. The number of amides is 1. The van der Waals surface area contributed by atoms with Crippen LogP contribution in [0.15, 0.2) is 0 Å². The maximum atomic E-state index is 11.5. The van der Waals surface area contributed by atoms with E-state index >= 15 is 0 Å². The molecule has 0 aliphatic carbocycles. The van der Waals surface area contributed by atoms with Crippen molar-refractivity contribution in [2.45, 2.75) is 38.7 Å². The summed E-state index contributed by atoms with van der Waals surface area (Å²) in [5.74, 6) is 0.0500. The summed E-state index contributed by atoms with van der Waals surface area (Å²) in [6.07, 6.45) is 0.399. The fraction of sp³-hybridized carbons (Fsp3) is 0.909. The van der Waals surface area contributed by atoms with Gasteiger partial charge in [0.05, 0.1) is 18.8 Å². The first kappa shape index (κ1) is 13.4. The fourth-order valence-electron chi connectivity index (χ4n) is 2.13. The van der Waals surface area contributed by atoms with Gasteiger partial charge in [0.25, 0.3) is 0 Å². The van der Waals surface area contributed by atoms with Gasteiger partial charge in [-0.15, -0.1) is 0 Å². The molecule has 0 spiro atoms. The molecule has 1 saturated heterocycles. The van der Waals surface area contributed by atoms with Crippen molar-refractivity contribution in [3.05, 3.63) is 0 Å². The monoisotopic (exact) mass is 231 g/mol. The first-order valence-electron chi connectivity index (χ1n) is 5.58. The predicted molar refractivity (Wildman–Crippen MR) is 59.0 cm³/mol. The van der Waals surface area contributed by atoms with Gasteiger partial charge in [-0.2, -0.15) is 0 Å². The van der Waals surface area contributed by atoms with E-state index in [0.29, 0.717) is 19.6 Å². The Kier molecular flexibility index (Phi) is 5.18. The quantitative estimate of drug-likeness (QED) is 0.712. The molecule has 16 heavy (non-hydrogen) atoms. The summed E-state index contributed by atoms with van der Waals surface area (Å²) in [6.45, 7) is 4.65. The smallest absolute Gasteiger partial charge is 0.219 e. The Hall–Kier alpha value is -0.650. The van der Waals surface area contributed by atoms with Gasteiger partial charge in [-0.25, -0.2) is 0 Å². The number of nitrogens with zero attached hydrogens (tertiary/aromatic N) is 1. The van der Waals surface area contributed by atoms with E-state index in [2.05, 4.69) is 0 Å². The molecule has 0 aromatic heterocycles. The third-order valence-electron chi connectivity index (χ3n) is 3.02. The van der Waals surface area contributed by atoms with E-state index in [1.807, 2.05) is 6.92 Å². The van der Waals surface area contributed by atoms with Gasteiger partial charge in [-0.05, 0) is 6.92 Å². The van der Waals surface area contributed by atoms with Crippen LogP contribution in [-0.4, -0.2) is 56.6 Å². The standard InChI is InChI=1S/C11H21NO4/c1-5-12(8(2)13)9-7-16-11(15-4)6-10(9)14-3/h9-11H,5-7H2,1-4H3/t9-,10-,11+/m0/s1. The van der Waals surface area contributed by atoms with Crippen molar-refractivity contribution in [1.82, 2.24) is 4.90 Å². The molecule has 0 bridgehead atoms. The molecule has 1 aliphatic heterocycles. The summed E-state index contributed by atoms with van der Waals surface area (Å²) in [6, 6.07) is -0.0149. The molecule has 1 aliphatic rings. The third kappa shape index (κ3) is 2.93. The van der Waals surface area contributed by atoms with Crippen LogP contribution in [0.1, 0.15) is 20.3 Å². The van der Waals surface area contributed by atoms with Gasteiger partial charge in [0.15, 0.2) is 6.29 Å². The highest BCUT2D eigenvalue weighted by molar-refractivity contribution is 5.73. The maximum absolute atomic E-state index is 11.5. The van der Waals surface area contributed by atoms with E-state index < -0.39 is 0 Å². The molecular weight excluding hydrogens is 210 g/mol. The lowest BCUT2D eigenvalue weighted by Gasteiger charge is -2.40. The molecule has 0 saturated carbocycles. The minimum Gasteiger partial charge on any atom is -0.379 e.